The number of fused-ring (bicyclic) bond motifs is 1. The molecular weight excluding hydrogens is 312 g/mol. The average molecular weight is 342 g/mol. The van der Waals surface area contributed by atoms with Crippen molar-refractivity contribution < 1.29 is 4.74 Å². The summed E-state index contributed by atoms with van der Waals surface area (Å²) in [5.74, 6) is 0.891. The van der Waals surface area contributed by atoms with Gasteiger partial charge in [0.2, 0.25) is 0 Å². The quantitative estimate of drug-likeness (QED) is 0.373. The molecule has 25 heavy (non-hydrogen) atoms. The Bertz CT molecular complexity index is 703. The van der Waals surface area contributed by atoms with Crippen LogP contribution in [0.25, 0.3) is 10.9 Å². The van der Waals surface area contributed by atoms with E-state index in [0.29, 0.717) is 5.41 Å². The first-order valence-electron chi connectivity index (χ1n) is 9.33. The second kappa shape index (κ2) is 8.39. The van der Waals surface area contributed by atoms with Crippen LogP contribution in [0, 0.1) is 5.41 Å². The van der Waals surface area contributed by atoms with E-state index in [4.69, 9.17) is 4.74 Å². The second-order valence-corrected chi connectivity index (χ2v) is 6.91. The van der Waals surface area contributed by atoms with Gasteiger partial charge in [0.05, 0.1) is 0 Å². The molecule has 0 bridgehead atoms. The molecule has 0 radical (unpaired) electrons. The summed E-state index contributed by atoms with van der Waals surface area (Å²) in [6.07, 6.45) is 6.80. The van der Waals surface area contributed by atoms with Crippen molar-refractivity contribution in [3.8, 4) is 0 Å². The van der Waals surface area contributed by atoms with Gasteiger partial charge in [0.15, 0.2) is 5.96 Å². The summed E-state index contributed by atoms with van der Waals surface area (Å²) in [7, 11) is 1.83. The average Bonchev–Trinajstić information content (AvgIpc) is 3.29. The van der Waals surface area contributed by atoms with Crippen LogP contribution in [0.15, 0.2) is 35.5 Å². The molecule has 0 atom stereocenters. The van der Waals surface area contributed by atoms with Gasteiger partial charge in [0.25, 0.3) is 0 Å². The van der Waals surface area contributed by atoms with Crippen LogP contribution in [-0.4, -0.2) is 44.3 Å². The van der Waals surface area contributed by atoms with E-state index in [1.54, 1.807) is 0 Å². The highest BCUT2D eigenvalue weighted by Crippen LogP contribution is 2.48. The lowest BCUT2D eigenvalue weighted by atomic mass is 10.0. The van der Waals surface area contributed by atoms with Gasteiger partial charge in [-0.1, -0.05) is 18.2 Å². The maximum Gasteiger partial charge on any atom is 0.191 e. The Kier molecular flexibility index (Phi) is 5.97. The lowest BCUT2D eigenvalue weighted by Gasteiger charge is -2.18. The van der Waals surface area contributed by atoms with Crippen molar-refractivity contribution in [1.29, 1.82) is 0 Å². The van der Waals surface area contributed by atoms with Gasteiger partial charge in [-0.25, -0.2) is 0 Å². The molecule has 1 aromatic carbocycles. The summed E-state index contributed by atoms with van der Waals surface area (Å²) >= 11 is 0. The molecule has 5 nitrogen and oxygen atoms in total. The zero-order valence-electron chi connectivity index (χ0n) is 15.4. The summed E-state index contributed by atoms with van der Waals surface area (Å²) in [6.45, 7) is 5.57. The molecule has 5 heteroatoms. The summed E-state index contributed by atoms with van der Waals surface area (Å²) in [6, 6.07) is 8.43. The fourth-order valence-electron chi connectivity index (χ4n) is 3.27. The van der Waals surface area contributed by atoms with E-state index in [0.717, 1.165) is 45.1 Å². The normalized spacial score (nSPS) is 16.2. The van der Waals surface area contributed by atoms with Gasteiger partial charge in [-0.3, -0.25) is 4.99 Å². The van der Waals surface area contributed by atoms with E-state index < -0.39 is 0 Å². The van der Waals surface area contributed by atoms with Crippen LogP contribution >= 0.6 is 0 Å². The number of nitrogens with one attached hydrogen (secondary N) is 3. The number of rotatable bonds is 9. The van der Waals surface area contributed by atoms with E-state index in [9.17, 15) is 0 Å². The first-order valence-corrected chi connectivity index (χ1v) is 9.33. The molecule has 1 aliphatic rings. The van der Waals surface area contributed by atoms with Crippen LogP contribution in [0.2, 0.25) is 0 Å². The summed E-state index contributed by atoms with van der Waals surface area (Å²) in [5.41, 5.74) is 2.96. The molecule has 1 fully saturated rings. The number of para-hydroxylation sites is 1. The number of hydrogen-bond acceptors (Lipinski definition) is 2. The van der Waals surface area contributed by atoms with Crippen molar-refractivity contribution in [3.63, 3.8) is 0 Å². The van der Waals surface area contributed by atoms with Crippen molar-refractivity contribution in [2.45, 2.75) is 32.6 Å². The Morgan fingerprint density at radius 3 is 2.88 bits per heavy atom. The predicted octanol–water partition coefficient (Wildman–Crippen LogP) is 3.08. The maximum atomic E-state index is 5.51. The Morgan fingerprint density at radius 2 is 2.12 bits per heavy atom. The fraction of sp³-hybridized carbons (Fsp3) is 0.550. The van der Waals surface area contributed by atoms with Crippen molar-refractivity contribution in [3.05, 3.63) is 36.0 Å². The van der Waals surface area contributed by atoms with E-state index in [1.807, 2.05) is 7.05 Å². The maximum absolute atomic E-state index is 5.51. The molecule has 0 spiro atoms. The van der Waals surface area contributed by atoms with Crippen LogP contribution in [0.5, 0.6) is 0 Å². The standard InChI is InChI=1S/C20H30N4O/c1-3-25-13-11-20(9-10-20)15-24-19(21-2)22-12-8-16-14-23-18-7-5-4-6-17(16)18/h4-7,14,23H,3,8-13,15H2,1-2H3,(H2,21,22,24). The van der Waals surface area contributed by atoms with E-state index in [2.05, 4.69) is 58.0 Å². The lowest BCUT2D eigenvalue weighted by molar-refractivity contribution is 0.128. The number of benzene rings is 1. The van der Waals surface area contributed by atoms with Crippen LogP contribution in [0.1, 0.15) is 31.7 Å². The number of nitrogens with zero attached hydrogens (tertiary/aromatic N) is 1. The number of ether oxygens (including phenoxy) is 1. The Balaban J connectivity index is 1.42. The molecule has 3 rings (SSSR count). The highest BCUT2D eigenvalue weighted by atomic mass is 16.5. The van der Waals surface area contributed by atoms with E-state index in [-0.39, 0.29) is 0 Å². The van der Waals surface area contributed by atoms with Gasteiger partial charge in [-0.2, -0.15) is 0 Å². The first-order chi connectivity index (χ1) is 12.3. The van der Waals surface area contributed by atoms with Gasteiger partial charge < -0.3 is 20.4 Å². The Morgan fingerprint density at radius 1 is 1.28 bits per heavy atom. The van der Waals surface area contributed by atoms with Gasteiger partial charge in [0, 0.05) is 50.5 Å². The number of aliphatic imine (C=N–C) groups is 1. The first kappa shape index (κ1) is 17.8. The largest absolute Gasteiger partial charge is 0.382 e. The third kappa shape index (κ3) is 4.75. The summed E-state index contributed by atoms with van der Waals surface area (Å²) in [5, 5.41) is 8.23. The number of aromatic amines is 1. The SMILES string of the molecule is CCOCCC1(CNC(=NC)NCCc2c[nH]c3ccccc23)CC1. The van der Waals surface area contributed by atoms with Gasteiger partial charge >= 0.3 is 0 Å². The molecule has 3 N–H and O–H groups in total. The number of guanidine groups is 1. The van der Waals surface area contributed by atoms with Crippen molar-refractivity contribution in [1.82, 2.24) is 15.6 Å². The van der Waals surface area contributed by atoms with Crippen molar-refractivity contribution >= 4 is 16.9 Å². The Hall–Kier alpha value is -2.01. The number of H-pyrrole nitrogens is 1. The van der Waals surface area contributed by atoms with Crippen molar-refractivity contribution in [2.24, 2.45) is 10.4 Å². The predicted molar refractivity (Wildman–Crippen MR) is 104 cm³/mol. The smallest absolute Gasteiger partial charge is 0.191 e. The molecule has 0 saturated heterocycles. The summed E-state index contributed by atoms with van der Waals surface area (Å²) in [4.78, 5) is 7.68. The summed E-state index contributed by atoms with van der Waals surface area (Å²) < 4.78 is 5.51. The molecule has 1 saturated carbocycles. The molecule has 0 amide bonds. The van der Waals surface area contributed by atoms with Gasteiger partial charge in [-0.05, 0) is 49.7 Å². The highest BCUT2D eigenvalue weighted by molar-refractivity contribution is 5.83. The van der Waals surface area contributed by atoms with Gasteiger partial charge in [-0.15, -0.1) is 0 Å². The van der Waals surface area contributed by atoms with E-state index >= 15 is 0 Å². The number of hydrogen-bond donors (Lipinski definition) is 3. The molecule has 1 heterocycles. The van der Waals surface area contributed by atoms with Crippen LogP contribution in [0.4, 0.5) is 0 Å². The monoisotopic (exact) mass is 342 g/mol. The second-order valence-electron chi connectivity index (χ2n) is 6.91. The highest BCUT2D eigenvalue weighted by Gasteiger charge is 2.41. The third-order valence-corrected chi connectivity index (χ3v) is 5.15. The third-order valence-electron chi connectivity index (χ3n) is 5.15. The molecule has 136 valence electrons. The fourth-order valence-corrected chi connectivity index (χ4v) is 3.27. The van der Waals surface area contributed by atoms with E-state index in [1.165, 1.54) is 29.3 Å². The molecule has 1 aromatic heterocycles. The molecule has 0 aliphatic heterocycles. The molecular formula is C20H30N4O. The minimum Gasteiger partial charge on any atom is -0.382 e. The van der Waals surface area contributed by atoms with Crippen molar-refractivity contribution in [2.75, 3.05) is 33.4 Å². The number of aromatic nitrogens is 1. The molecule has 0 unspecified atom stereocenters. The van der Waals surface area contributed by atoms with Gasteiger partial charge in [0.1, 0.15) is 0 Å². The molecule has 2 aromatic rings. The molecule has 1 aliphatic carbocycles. The van der Waals surface area contributed by atoms with Crippen LogP contribution in [0.3, 0.4) is 0 Å². The minimum atomic E-state index is 0.420. The Labute approximate surface area is 150 Å². The zero-order chi connectivity index (χ0) is 17.5. The lowest BCUT2D eigenvalue weighted by Crippen LogP contribution is -2.41. The minimum absolute atomic E-state index is 0.420. The van der Waals surface area contributed by atoms with Crippen LogP contribution < -0.4 is 10.6 Å². The topological polar surface area (TPSA) is 61.4 Å². The van der Waals surface area contributed by atoms with Crippen LogP contribution in [-0.2, 0) is 11.2 Å². The zero-order valence-corrected chi connectivity index (χ0v) is 15.4.